The molecule has 25 heavy (non-hydrogen) atoms. The van der Waals surface area contributed by atoms with Gasteiger partial charge in [0.15, 0.2) is 0 Å². The van der Waals surface area contributed by atoms with Crippen molar-refractivity contribution in [2.45, 2.75) is 6.61 Å². The number of hydrogen-bond donors (Lipinski definition) is 1. The standard InChI is InChI=1S/C20H14Cl2N2O/c21-14-7-5-13(6-8-14)12-25-19-10-9-15(22)11-16(19)20-23-17-3-1-2-4-18(17)24-20/h1-11H,12H2,(H,23,24). The molecule has 0 atom stereocenters. The Morgan fingerprint density at radius 1 is 0.880 bits per heavy atom. The molecule has 0 aliphatic heterocycles. The van der Waals surface area contributed by atoms with Crippen molar-refractivity contribution >= 4 is 34.2 Å². The summed E-state index contributed by atoms with van der Waals surface area (Å²) in [5.74, 6) is 1.45. The summed E-state index contributed by atoms with van der Waals surface area (Å²) in [4.78, 5) is 7.96. The molecule has 4 rings (SSSR count). The summed E-state index contributed by atoms with van der Waals surface area (Å²) in [5, 5.41) is 1.34. The number of fused-ring (bicyclic) bond motifs is 1. The smallest absolute Gasteiger partial charge is 0.142 e. The highest BCUT2D eigenvalue weighted by atomic mass is 35.5. The number of nitrogens with one attached hydrogen (secondary N) is 1. The van der Waals surface area contributed by atoms with Crippen LogP contribution in [-0.2, 0) is 6.61 Å². The van der Waals surface area contributed by atoms with Crippen LogP contribution in [0.2, 0.25) is 10.0 Å². The molecule has 1 heterocycles. The highest BCUT2D eigenvalue weighted by Gasteiger charge is 2.12. The maximum Gasteiger partial charge on any atom is 0.142 e. The Bertz CT molecular complexity index is 992. The van der Waals surface area contributed by atoms with E-state index in [1.807, 2.05) is 66.7 Å². The normalized spacial score (nSPS) is 11.0. The molecule has 0 fully saturated rings. The second-order valence-corrected chi connectivity index (χ2v) is 6.53. The van der Waals surface area contributed by atoms with E-state index in [1.165, 1.54) is 0 Å². The van der Waals surface area contributed by atoms with Crippen LogP contribution in [0.15, 0.2) is 66.7 Å². The number of H-pyrrole nitrogens is 1. The molecule has 1 aromatic heterocycles. The summed E-state index contributed by atoms with van der Waals surface area (Å²) >= 11 is 12.1. The summed E-state index contributed by atoms with van der Waals surface area (Å²) < 4.78 is 6.01. The zero-order valence-corrected chi connectivity index (χ0v) is 14.7. The van der Waals surface area contributed by atoms with Gasteiger partial charge in [-0.15, -0.1) is 0 Å². The fourth-order valence-corrected chi connectivity index (χ4v) is 2.93. The Morgan fingerprint density at radius 2 is 1.64 bits per heavy atom. The summed E-state index contributed by atoms with van der Waals surface area (Å²) in [7, 11) is 0. The monoisotopic (exact) mass is 368 g/mol. The molecular weight excluding hydrogens is 355 g/mol. The largest absolute Gasteiger partial charge is 0.488 e. The van der Waals surface area contributed by atoms with Crippen LogP contribution in [0, 0.1) is 0 Å². The first-order valence-electron chi connectivity index (χ1n) is 7.81. The van der Waals surface area contributed by atoms with E-state index in [2.05, 4.69) is 9.97 Å². The molecule has 5 heteroatoms. The molecule has 1 N–H and O–H groups in total. The summed E-state index contributed by atoms with van der Waals surface area (Å²) in [6, 6.07) is 21.0. The van der Waals surface area contributed by atoms with Gasteiger partial charge in [0, 0.05) is 10.0 Å². The third-order valence-electron chi connectivity index (χ3n) is 3.89. The Hall–Kier alpha value is -2.49. The maximum atomic E-state index is 6.19. The lowest BCUT2D eigenvalue weighted by Crippen LogP contribution is -1.97. The van der Waals surface area contributed by atoms with E-state index >= 15 is 0 Å². The molecule has 124 valence electrons. The van der Waals surface area contributed by atoms with Crippen molar-refractivity contribution in [2.24, 2.45) is 0 Å². The Kier molecular flexibility index (Phi) is 4.35. The van der Waals surface area contributed by atoms with Crippen LogP contribution in [0.4, 0.5) is 0 Å². The molecule has 0 bridgehead atoms. The van der Waals surface area contributed by atoms with Crippen LogP contribution in [0.5, 0.6) is 5.75 Å². The molecule has 0 aliphatic carbocycles. The summed E-state index contributed by atoms with van der Waals surface area (Å²) in [5.41, 5.74) is 3.75. The van der Waals surface area contributed by atoms with E-state index in [1.54, 1.807) is 0 Å². The maximum absolute atomic E-state index is 6.19. The number of imidazole rings is 1. The third kappa shape index (κ3) is 3.48. The quantitative estimate of drug-likeness (QED) is 0.471. The number of aromatic amines is 1. The molecule has 0 saturated carbocycles. The van der Waals surface area contributed by atoms with Crippen molar-refractivity contribution < 1.29 is 4.74 Å². The van der Waals surface area contributed by atoms with E-state index in [0.29, 0.717) is 16.7 Å². The van der Waals surface area contributed by atoms with Gasteiger partial charge < -0.3 is 9.72 Å². The summed E-state index contributed by atoms with van der Waals surface area (Å²) in [6.07, 6.45) is 0. The van der Waals surface area contributed by atoms with E-state index in [0.717, 1.165) is 33.7 Å². The highest BCUT2D eigenvalue weighted by Crippen LogP contribution is 2.32. The molecule has 0 saturated heterocycles. The minimum atomic E-state index is 0.437. The Balaban J connectivity index is 1.67. The zero-order chi connectivity index (χ0) is 17.2. The predicted octanol–water partition coefficient (Wildman–Crippen LogP) is 6.12. The SMILES string of the molecule is Clc1ccc(COc2ccc(Cl)cc2-c2nc3ccccc3[nH]2)cc1. The van der Waals surface area contributed by atoms with Crippen LogP contribution in [0.1, 0.15) is 5.56 Å². The Morgan fingerprint density at radius 3 is 2.44 bits per heavy atom. The van der Waals surface area contributed by atoms with Crippen molar-refractivity contribution in [3.8, 4) is 17.1 Å². The first-order valence-corrected chi connectivity index (χ1v) is 8.56. The van der Waals surface area contributed by atoms with Gasteiger partial charge in [-0.2, -0.15) is 0 Å². The van der Waals surface area contributed by atoms with Gasteiger partial charge >= 0.3 is 0 Å². The minimum absolute atomic E-state index is 0.437. The molecule has 0 amide bonds. The van der Waals surface area contributed by atoms with Gasteiger partial charge in [0.25, 0.3) is 0 Å². The van der Waals surface area contributed by atoms with Crippen LogP contribution >= 0.6 is 23.2 Å². The molecule has 4 aromatic rings. The van der Waals surface area contributed by atoms with E-state index in [4.69, 9.17) is 27.9 Å². The molecule has 0 spiro atoms. The molecule has 0 aliphatic rings. The fourth-order valence-electron chi connectivity index (χ4n) is 2.64. The number of nitrogens with zero attached hydrogens (tertiary/aromatic N) is 1. The highest BCUT2D eigenvalue weighted by molar-refractivity contribution is 6.31. The van der Waals surface area contributed by atoms with Gasteiger partial charge in [0.2, 0.25) is 0 Å². The van der Waals surface area contributed by atoms with Crippen molar-refractivity contribution in [3.63, 3.8) is 0 Å². The topological polar surface area (TPSA) is 37.9 Å². The predicted molar refractivity (Wildman–Crippen MR) is 102 cm³/mol. The fraction of sp³-hybridized carbons (Fsp3) is 0.0500. The number of para-hydroxylation sites is 2. The lowest BCUT2D eigenvalue weighted by Gasteiger charge is -2.11. The molecule has 3 aromatic carbocycles. The third-order valence-corrected chi connectivity index (χ3v) is 4.38. The van der Waals surface area contributed by atoms with Gasteiger partial charge in [-0.05, 0) is 48.0 Å². The number of rotatable bonds is 4. The number of halogens is 2. The van der Waals surface area contributed by atoms with Crippen molar-refractivity contribution in [1.29, 1.82) is 0 Å². The first-order chi connectivity index (χ1) is 12.2. The zero-order valence-electron chi connectivity index (χ0n) is 13.2. The van der Waals surface area contributed by atoms with Crippen LogP contribution in [-0.4, -0.2) is 9.97 Å². The van der Waals surface area contributed by atoms with Gasteiger partial charge in [-0.1, -0.05) is 47.5 Å². The van der Waals surface area contributed by atoms with E-state index in [9.17, 15) is 0 Å². The molecule has 0 radical (unpaired) electrons. The van der Waals surface area contributed by atoms with Crippen LogP contribution in [0.25, 0.3) is 22.4 Å². The van der Waals surface area contributed by atoms with Gasteiger partial charge in [0.05, 0.1) is 16.6 Å². The molecule has 3 nitrogen and oxygen atoms in total. The average Bonchev–Trinajstić information content (AvgIpc) is 3.06. The lowest BCUT2D eigenvalue weighted by molar-refractivity contribution is 0.307. The van der Waals surface area contributed by atoms with Crippen molar-refractivity contribution in [3.05, 3.63) is 82.3 Å². The minimum Gasteiger partial charge on any atom is -0.488 e. The van der Waals surface area contributed by atoms with Crippen molar-refractivity contribution in [1.82, 2.24) is 9.97 Å². The number of hydrogen-bond acceptors (Lipinski definition) is 2. The van der Waals surface area contributed by atoms with Gasteiger partial charge in [0.1, 0.15) is 18.2 Å². The number of benzene rings is 3. The van der Waals surface area contributed by atoms with Crippen molar-refractivity contribution in [2.75, 3.05) is 0 Å². The first kappa shape index (κ1) is 16.0. The van der Waals surface area contributed by atoms with Gasteiger partial charge in [-0.3, -0.25) is 0 Å². The molecule has 0 unspecified atom stereocenters. The summed E-state index contributed by atoms with van der Waals surface area (Å²) in [6.45, 7) is 0.437. The Labute approximate surface area is 155 Å². The molecular formula is C20H14Cl2N2O. The number of ether oxygens (including phenoxy) is 1. The average molecular weight is 369 g/mol. The van der Waals surface area contributed by atoms with Gasteiger partial charge in [-0.25, -0.2) is 4.98 Å². The second kappa shape index (κ2) is 6.79. The van der Waals surface area contributed by atoms with E-state index < -0.39 is 0 Å². The number of aromatic nitrogens is 2. The van der Waals surface area contributed by atoms with Crippen LogP contribution < -0.4 is 4.74 Å². The van der Waals surface area contributed by atoms with Crippen LogP contribution in [0.3, 0.4) is 0 Å². The lowest BCUT2D eigenvalue weighted by atomic mass is 10.2. The second-order valence-electron chi connectivity index (χ2n) is 5.66. The van der Waals surface area contributed by atoms with E-state index in [-0.39, 0.29) is 0 Å².